The van der Waals surface area contributed by atoms with Crippen LogP contribution in [-0.4, -0.2) is 47.5 Å². The fraction of sp³-hybridized carbons (Fsp3) is 0.562. The lowest BCUT2D eigenvalue weighted by atomic mass is 9.99. The minimum absolute atomic E-state index is 0.0237. The Morgan fingerprint density at radius 1 is 1.20 bits per heavy atom. The van der Waals surface area contributed by atoms with Crippen molar-refractivity contribution in [2.75, 3.05) is 13.6 Å². The zero-order valence-electron chi connectivity index (χ0n) is 12.8. The number of hydrogen-bond acceptors (Lipinski definition) is 2. The smallest absolute Gasteiger partial charge is 0.317 e. The highest BCUT2D eigenvalue weighted by Crippen LogP contribution is 2.23. The van der Waals surface area contributed by atoms with Gasteiger partial charge in [-0.05, 0) is 26.3 Å². The van der Waals surface area contributed by atoms with Crippen molar-refractivity contribution in [1.29, 1.82) is 0 Å². The van der Waals surface area contributed by atoms with Gasteiger partial charge in [-0.1, -0.05) is 30.3 Å². The first kappa shape index (κ1) is 14.9. The van der Waals surface area contributed by atoms with E-state index < -0.39 is 0 Å². The van der Waals surface area contributed by atoms with E-state index in [2.05, 4.69) is 55.3 Å². The molecule has 0 radical (unpaired) electrons. The molecule has 1 aliphatic heterocycles. The average Bonchev–Trinajstić information content (AvgIpc) is 2.47. The molecule has 1 saturated heterocycles. The third-order valence-electron chi connectivity index (χ3n) is 4.42. The third-order valence-corrected chi connectivity index (χ3v) is 4.42. The Balaban J connectivity index is 2.11. The van der Waals surface area contributed by atoms with E-state index >= 15 is 0 Å². The molecule has 1 fully saturated rings. The van der Waals surface area contributed by atoms with Crippen molar-refractivity contribution in [2.24, 2.45) is 0 Å². The standard InChI is InChI=1S/C16H25N3O/c1-12-10-19(16(20)17-4)14(3)13(2)18(12)11-15-8-6-5-7-9-15/h5-9,12-14H,10-11H2,1-4H3,(H,17,20). The Kier molecular flexibility index (Phi) is 4.65. The number of piperazine rings is 1. The van der Waals surface area contributed by atoms with Crippen molar-refractivity contribution in [3.8, 4) is 0 Å². The zero-order chi connectivity index (χ0) is 14.7. The van der Waals surface area contributed by atoms with Gasteiger partial charge in [0.25, 0.3) is 0 Å². The minimum Gasteiger partial charge on any atom is -0.341 e. The van der Waals surface area contributed by atoms with Crippen molar-refractivity contribution in [2.45, 2.75) is 45.4 Å². The van der Waals surface area contributed by atoms with E-state index in [9.17, 15) is 4.79 Å². The summed E-state index contributed by atoms with van der Waals surface area (Å²) in [7, 11) is 1.70. The second-order valence-corrected chi connectivity index (χ2v) is 5.70. The molecule has 0 aromatic heterocycles. The van der Waals surface area contributed by atoms with Gasteiger partial charge in [-0.15, -0.1) is 0 Å². The second-order valence-electron chi connectivity index (χ2n) is 5.70. The molecule has 20 heavy (non-hydrogen) atoms. The molecule has 3 atom stereocenters. The fourth-order valence-corrected chi connectivity index (χ4v) is 3.00. The van der Waals surface area contributed by atoms with Crippen LogP contribution in [0.15, 0.2) is 30.3 Å². The van der Waals surface area contributed by atoms with Gasteiger partial charge in [0.05, 0.1) is 0 Å². The van der Waals surface area contributed by atoms with Crippen molar-refractivity contribution >= 4 is 6.03 Å². The average molecular weight is 275 g/mol. The molecular weight excluding hydrogens is 250 g/mol. The molecule has 3 unspecified atom stereocenters. The maximum atomic E-state index is 11.9. The highest BCUT2D eigenvalue weighted by molar-refractivity contribution is 5.74. The summed E-state index contributed by atoms with van der Waals surface area (Å²) in [6, 6.07) is 11.5. The minimum atomic E-state index is 0.0237. The highest BCUT2D eigenvalue weighted by Gasteiger charge is 2.36. The van der Waals surface area contributed by atoms with Crippen LogP contribution in [0, 0.1) is 0 Å². The van der Waals surface area contributed by atoms with Crippen LogP contribution in [0.25, 0.3) is 0 Å². The van der Waals surface area contributed by atoms with Gasteiger partial charge in [0, 0.05) is 38.3 Å². The predicted molar refractivity (Wildman–Crippen MR) is 81.5 cm³/mol. The van der Waals surface area contributed by atoms with Gasteiger partial charge in [0.2, 0.25) is 0 Å². The number of amides is 2. The Morgan fingerprint density at radius 3 is 2.45 bits per heavy atom. The number of benzene rings is 1. The largest absolute Gasteiger partial charge is 0.341 e. The van der Waals surface area contributed by atoms with Gasteiger partial charge >= 0.3 is 6.03 Å². The summed E-state index contributed by atoms with van der Waals surface area (Å²) in [6.07, 6.45) is 0. The lowest BCUT2D eigenvalue weighted by Gasteiger charge is -2.48. The van der Waals surface area contributed by atoms with E-state index in [-0.39, 0.29) is 12.1 Å². The molecule has 0 aliphatic carbocycles. The Morgan fingerprint density at radius 2 is 1.85 bits per heavy atom. The molecule has 1 heterocycles. The Bertz CT molecular complexity index is 448. The normalized spacial score (nSPS) is 27.4. The molecule has 0 bridgehead atoms. The van der Waals surface area contributed by atoms with Gasteiger partial charge in [0.1, 0.15) is 0 Å². The van der Waals surface area contributed by atoms with Crippen LogP contribution in [0.5, 0.6) is 0 Å². The van der Waals surface area contributed by atoms with E-state index in [0.717, 1.165) is 13.1 Å². The lowest BCUT2D eigenvalue weighted by molar-refractivity contribution is 0.0136. The monoisotopic (exact) mass is 275 g/mol. The second kappa shape index (κ2) is 6.27. The molecule has 2 amide bonds. The summed E-state index contributed by atoms with van der Waals surface area (Å²) in [5, 5.41) is 2.74. The molecular formula is C16H25N3O. The number of hydrogen-bond donors (Lipinski definition) is 1. The maximum absolute atomic E-state index is 11.9. The van der Waals surface area contributed by atoms with Crippen molar-refractivity contribution < 1.29 is 4.79 Å². The van der Waals surface area contributed by atoms with Crippen LogP contribution < -0.4 is 5.32 Å². The summed E-state index contributed by atoms with van der Waals surface area (Å²) in [5.41, 5.74) is 1.33. The molecule has 4 heteroatoms. The number of urea groups is 1. The van der Waals surface area contributed by atoms with E-state index in [1.807, 2.05) is 11.0 Å². The molecule has 1 aromatic rings. The Labute approximate surface area is 121 Å². The van der Waals surface area contributed by atoms with E-state index in [0.29, 0.717) is 12.1 Å². The topological polar surface area (TPSA) is 35.6 Å². The molecule has 0 spiro atoms. The molecule has 1 aliphatic rings. The number of carbonyl (C=O) groups excluding carboxylic acids is 1. The highest BCUT2D eigenvalue weighted by atomic mass is 16.2. The summed E-state index contributed by atoms with van der Waals surface area (Å²) in [5.74, 6) is 0. The molecule has 4 nitrogen and oxygen atoms in total. The number of carbonyl (C=O) groups is 1. The molecule has 0 saturated carbocycles. The van der Waals surface area contributed by atoms with E-state index in [4.69, 9.17) is 0 Å². The zero-order valence-corrected chi connectivity index (χ0v) is 12.8. The molecule has 1 aromatic carbocycles. The summed E-state index contributed by atoms with van der Waals surface area (Å²) in [4.78, 5) is 16.4. The van der Waals surface area contributed by atoms with Gasteiger partial charge in [-0.3, -0.25) is 4.90 Å². The van der Waals surface area contributed by atoms with Gasteiger partial charge < -0.3 is 10.2 Å². The lowest BCUT2D eigenvalue weighted by Crippen LogP contribution is -2.63. The van der Waals surface area contributed by atoms with Crippen LogP contribution in [-0.2, 0) is 6.54 Å². The van der Waals surface area contributed by atoms with Crippen LogP contribution in [0.3, 0.4) is 0 Å². The number of nitrogens with zero attached hydrogens (tertiary/aromatic N) is 2. The fourth-order valence-electron chi connectivity index (χ4n) is 3.00. The van der Waals surface area contributed by atoms with Crippen LogP contribution in [0.4, 0.5) is 4.79 Å². The van der Waals surface area contributed by atoms with E-state index in [1.165, 1.54) is 5.56 Å². The first-order valence-electron chi connectivity index (χ1n) is 7.32. The Hall–Kier alpha value is -1.55. The van der Waals surface area contributed by atoms with Crippen molar-refractivity contribution in [1.82, 2.24) is 15.1 Å². The quantitative estimate of drug-likeness (QED) is 0.899. The molecule has 1 N–H and O–H groups in total. The molecule has 2 rings (SSSR count). The van der Waals surface area contributed by atoms with Crippen molar-refractivity contribution in [3.63, 3.8) is 0 Å². The van der Waals surface area contributed by atoms with Gasteiger partial charge in [0.15, 0.2) is 0 Å². The first-order chi connectivity index (χ1) is 9.54. The van der Waals surface area contributed by atoms with Crippen molar-refractivity contribution in [3.05, 3.63) is 35.9 Å². The van der Waals surface area contributed by atoms with E-state index in [1.54, 1.807) is 7.05 Å². The van der Waals surface area contributed by atoms with Crippen LogP contribution >= 0.6 is 0 Å². The number of nitrogens with one attached hydrogen (secondary N) is 1. The van der Waals surface area contributed by atoms with Crippen LogP contribution in [0.1, 0.15) is 26.3 Å². The molecule has 110 valence electrons. The SMILES string of the molecule is CNC(=O)N1CC(C)N(Cc2ccccc2)C(C)C1C. The summed E-state index contributed by atoms with van der Waals surface area (Å²) >= 11 is 0. The van der Waals surface area contributed by atoms with Crippen LogP contribution in [0.2, 0.25) is 0 Å². The van der Waals surface area contributed by atoms with Gasteiger partial charge in [-0.2, -0.15) is 0 Å². The summed E-state index contributed by atoms with van der Waals surface area (Å²) < 4.78 is 0. The number of rotatable bonds is 2. The first-order valence-corrected chi connectivity index (χ1v) is 7.32. The maximum Gasteiger partial charge on any atom is 0.317 e. The third kappa shape index (κ3) is 2.96. The summed E-state index contributed by atoms with van der Waals surface area (Å²) in [6.45, 7) is 8.25. The predicted octanol–water partition coefficient (Wildman–Crippen LogP) is 2.31. The van der Waals surface area contributed by atoms with Gasteiger partial charge in [-0.25, -0.2) is 4.79 Å².